The van der Waals surface area contributed by atoms with Crippen LogP contribution in [0.25, 0.3) is 0 Å². The van der Waals surface area contributed by atoms with Crippen molar-refractivity contribution < 1.29 is 0 Å². The summed E-state index contributed by atoms with van der Waals surface area (Å²) >= 11 is 0. The third kappa shape index (κ3) is 2.53. The summed E-state index contributed by atoms with van der Waals surface area (Å²) in [6.07, 6.45) is 6.87. The van der Waals surface area contributed by atoms with Crippen molar-refractivity contribution in [1.82, 2.24) is 4.98 Å². The van der Waals surface area contributed by atoms with Crippen LogP contribution in [0, 0.1) is 6.92 Å². The highest BCUT2D eigenvalue weighted by Crippen LogP contribution is 2.27. The van der Waals surface area contributed by atoms with Gasteiger partial charge in [-0.1, -0.05) is 0 Å². The normalized spacial score (nSPS) is 20.4. The van der Waals surface area contributed by atoms with Gasteiger partial charge in [-0.25, -0.2) is 0 Å². The molecule has 3 heteroatoms. The van der Waals surface area contributed by atoms with Crippen molar-refractivity contribution in [3.05, 3.63) is 24.0 Å². The van der Waals surface area contributed by atoms with Gasteiger partial charge in [0.05, 0.1) is 0 Å². The number of pyridine rings is 1. The quantitative estimate of drug-likeness (QED) is 0.843. The molecule has 1 atom stereocenters. The maximum absolute atomic E-state index is 5.59. The first-order valence-corrected chi connectivity index (χ1v) is 6.20. The third-order valence-electron chi connectivity index (χ3n) is 3.33. The minimum atomic E-state index is 0.686. The zero-order valence-electron chi connectivity index (χ0n) is 10.0. The van der Waals surface area contributed by atoms with E-state index in [1.165, 1.54) is 31.5 Å². The number of aryl methyl sites for hydroxylation is 1. The van der Waals surface area contributed by atoms with E-state index >= 15 is 0 Å². The van der Waals surface area contributed by atoms with Crippen LogP contribution in [-0.2, 0) is 0 Å². The lowest BCUT2D eigenvalue weighted by Gasteiger charge is -2.26. The van der Waals surface area contributed by atoms with Crippen LogP contribution in [0.3, 0.4) is 0 Å². The van der Waals surface area contributed by atoms with Crippen LogP contribution in [0.1, 0.15) is 31.4 Å². The Morgan fingerprint density at radius 2 is 2.44 bits per heavy atom. The molecule has 0 saturated carbocycles. The van der Waals surface area contributed by atoms with Gasteiger partial charge in [-0.15, -0.1) is 0 Å². The van der Waals surface area contributed by atoms with Gasteiger partial charge in [0.25, 0.3) is 0 Å². The van der Waals surface area contributed by atoms with Gasteiger partial charge in [0.1, 0.15) is 0 Å². The molecule has 1 fully saturated rings. The van der Waals surface area contributed by atoms with Crippen molar-refractivity contribution in [2.75, 3.05) is 18.0 Å². The number of aromatic nitrogens is 1. The lowest BCUT2D eigenvalue weighted by atomic mass is 10.1. The topological polar surface area (TPSA) is 42.1 Å². The van der Waals surface area contributed by atoms with E-state index in [0.717, 1.165) is 18.7 Å². The van der Waals surface area contributed by atoms with Crippen molar-refractivity contribution in [2.24, 2.45) is 5.73 Å². The Morgan fingerprint density at radius 1 is 1.56 bits per heavy atom. The monoisotopic (exact) mass is 219 g/mol. The van der Waals surface area contributed by atoms with Crippen LogP contribution < -0.4 is 10.6 Å². The first-order valence-electron chi connectivity index (χ1n) is 6.20. The maximum Gasteiger partial charge on any atom is 0.0402 e. The molecular formula is C13H21N3. The number of rotatable bonds is 4. The van der Waals surface area contributed by atoms with E-state index in [2.05, 4.69) is 28.9 Å². The molecule has 2 rings (SSSR count). The highest BCUT2D eigenvalue weighted by molar-refractivity contribution is 5.48. The van der Waals surface area contributed by atoms with Gasteiger partial charge in [0.2, 0.25) is 0 Å². The highest BCUT2D eigenvalue weighted by atomic mass is 15.2. The Kier molecular flexibility index (Phi) is 3.78. The molecule has 2 heterocycles. The Balaban J connectivity index is 2.07. The van der Waals surface area contributed by atoms with E-state index in [4.69, 9.17) is 5.73 Å². The largest absolute Gasteiger partial charge is 0.368 e. The predicted molar refractivity (Wildman–Crippen MR) is 67.6 cm³/mol. The number of hydrogen-bond acceptors (Lipinski definition) is 3. The summed E-state index contributed by atoms with van der Waals surface area (Å²) in [5.74, 6) is 0. The zero-order valence-corrected chi connectivity index (χ0v) is 10.0. The van der Waals surface area contributed by atoms with E-state index in [1.807, 2.05) is 6.20 Å². The molecule has 0 amide bonds. The van der Waals surface area contributed by atoms with Crippen LogP contribution in [-0.4, -0.2) is 24.1 Å². The minimum absolute atomic E-state index is 0.686. The van der Waals surface area contributed by atoms with Crippen molar-refractivity contribution in [3.8, 4) is 0 Å². The average molecular weight is 219 g/mol. The molecule has 1 aliphatic rings. The van der Waals surface area contributed by atoms with Gasteiger partial charge in [-0.2, -0.15) is 0 Å². The number of nitrogens with two attached hydrogens (primary N) is 1. The van der Waals surface area contributed by atoms with Crippen molar-refractivity contribution in [2.45, 2.75) is 38.6 Å². The average Bonchev–Trinajstić information content (AvgIpc) is 2.74. The second-order valence-corrected chi connectivity index (χ2v) is 4.58. The Bertz CT molecular complexity index is 338. The number of nitrogens with zero attached hydrogens (tertiary/aromatic N) is 2. The van der Waals surface area contributed by atoms with E-state index < -0.39 is 0 Å². The highest BCUT2D eigenvalue weighted by Gasteiger charge is 2.23. The van der Waals surface area contributed by atoms with Crippen LogP contribution >= 0.6 is 0 Å². The molecule has 1 aromatic rings. The number of anilines is 1. The second-order valence-electron chi connectivity index (χ2n) is 4.58. The van der Waals surface area contributed by atoms with E-state index in [-0.39, 0.29) is 0 Å². The lowest BCUT2D eigenvalue weighted by Crippen LogP contribution is -2.29. The molecule has 3 nitrogen and oxygen atoms in total. The fraction of sp³-hybridized carbons (Fsp3) is 0.615. The smallest absolute Gasteiger partial charge is 0.0402 e. The molecule has 0 spiro atoms. The van der Waals surface area contributed by atoms with Crippen molar-refractivity contribution in [3.63, 3.8) is 0 Å². The van der Waals surface area contributed by atoms with Gasteiger partial charge in [0, 0.05) is 30.2 Å². The molecule has 16 heavy (non-hydrogen) atoms. The fourth-order valence-electron chi connectivity index (χ4n) is 2.54. The standard InChI is InChI=1S/C13H21N3/c1-11-10-13(6-8-15-11)16-9-3-5-12(16)4-2-7-14/h6,8,10,12H,2-5,7,9,14H2,1H3. The van der Waals surface area contributed by atoms with Crippen molar-refractivity contribution in [1.29, 1.82) is 0 Å². The summed E-state index contributed by atoms with van der Waals surface area (Å²) in [6.45, 7) is 4.03. The summed E-state index contributed by atoms with van der Waals surface area (Å²) in [7, 11) is 0. The maximum atomic E-state index is 5.59. The summed E-state index contributed by atoms with van der Waals surface area (Å²) in [4.78, 5) is 6.77. The molecule has 88 valence electrons. The molecule has 1 aromatic heterocycles. The van der Waals surface area contributed by atoms with Gasteiger partial charge in [-0.05, 0) is 51.3 Å². The summed E-state index contributed by atoms with van der Waals surface area (Å²) in [5.41, 5.74) is 8.01. The van der Waals surface area contributed by atoms with Gasteiger partial charge in [-0.3, -0.25) is 4.98 Å². The molecule has 0 radical (unpaired) electrons. The third-order valence-corrected chi connectivity index (χ3v) is 3.33. The predicted octanol–water partition coefficient (Wildman–Crippen LogP) is 2.10. The minimum Gasteiger partial charge on any atom is -0.368 e. The lowest BCUT2D eigenvalue weighted by molar-refractivity contribution is 0.585. The summed E-state index contributed by atoms with van der Waals surface area (Å²) in [5, 5.41) is 0. The molecule has 1 aliphatic heterocycles. The molecule has 1 saturated heterocycles. The number of hydrogen-bond donors (Lipinski definition) is 1. The molecule has 2 N–H and O–H groups in total. The summed E-state index contributed by atoms with van der Waals surface area (Å²) < 4.78 is 0. The van der Waals surface area contributed by atoms with Crippen LogP contribution in [0.15, 0.2) is 18.3 Å². The van der Waals surface area contributed by atoms with Crippen LogP contribution in [0.5, 0.6) is 0 Å². The van der Waals surface area contributed by atoms with Gasteiger partial charge < -0.3 is 10.6 Å². The molecule has 1 unspecified atom stereocenters. The Labute approximate surface area is 97.7 Å². The fourth-order valence-corrected chi connectivity index (χ4v) is 2.54. The Morgan fingerprint density at radius 3 is 3.19 bits per heavy atom. The first-order chi connectivity index (χ1) is 7.81. The van der Waals surface area contributed by atoms with Crippen LogP contribution in [0.2, 0.25) is 0 Å². The van der Waals surface area contributed by atoms with Gasteiger partial charge >= 0.3 is 0 Å². The molecule has 0 aromatic carbocycles. The molecule has 0 bridgehead atoms. The van der Waals surface area contributed by atoms with E-state index in [0.29, 0.717) is 6.04 Å². The molecular weight excluding hydrogens is 198 g/mol. The second kappa shape index (κ2) is 5.30. The first kappa shape index (κ1) is 11.4. The Hall–Kier alpha value is -1.09. The van der Waals surface area contributed by atoms with Crippen LogP contribution in [0.4, 0.5) is 5.69 Å². The summed E-state index contributed by atoms with van der Waals surface area (Å²) in [6, 6.07) is 4.99. The zero-order chi connectivity index (χ0) is 11.4. The SMILES string of the molecule is Cc1cc(N2CCCC2CCCN)ccn1. The van der Waals surface area contributed by atoms with Gasteiger partial charge in [0.15, 0.2) is 0 Å². The van der Waals surface area contributed by atoms with Crippen molar-refractivity contribution >= 4 is 5.69 Å². The van der Waals surface area contributed by atoms with E-state index in [1.54, 1.807) is 0 Å². The molecule has 0 aliphatic carbocycles. The van der Waals surface area contributed by atoms with E-state index in [9.17, 15) is 0 Å².